The molecule has 8 nitrogen and oxygen atoms in total. The maximum Gasteiger partial charge on any atom is 0.234 e. The van der Waals surface area contributed by atoms with E-state index in [0.717, 1.165) is 5.75 Å². The van der Waals surface area contributed by atoms with Gasteiger partial charge >= 0.3 is 0 Å². The first-order valence-corrected chi connectivity index (χ1v) is 10.9. The van der Waals surface area contributed by atoms with Crippen LogP contribution in [-0.4, -0.2) is 39.4 Å². The molecule has 0 unspecified atom stereocenters. The van der Waals surface area contributed by atoms with Gasteiger partial charge in [-0.25, -0.2) is 0 Å². The van der Waals surface area contributed by atoms with Crippen molar-refractivity contribution in [3.05, 3.63) is 59.4 Å². The molecule has 0 aliphatic rings. The van der Waals surface area contributed by atoms with Crippen LogP contribution in [0.1, 0.15) is 12.7 Å². The van der Waals surface area contributed by atoms with Crippen molar-refractivity contribution in [2.75, 3.05) is 23.5 Å². The maximum atomic E-state index is 12.4. The lowest BCUT2D eigenvalue weighted by molar-refractivity contribution is -0.116. The zero-order valence-electron chi connectivity index (χ0n) is 17.1. The van der Waals surface area contributed by atoms with Crippen molar-refractivity contribution < 1.29 is 14.3 Å². The lowest BCUT2D eigenvalue weighted by atomic mass is 10.3. The average molecular weight is 460 g/mol. The van der Waals surface area contributed by atoms with Crippen molar-refractivity contribution in [2.45, 2.75) is 25.0 Å². The molecule has 0 spiro atoms. The molecule has 2 N–H and O–H groups in total. The van der Waals surface area contributed by atoms with Crippen LogP contribution in [0.2, 0.25) is 5.02 Å². The number of ether oxygens (including phenoxy) is 1. The van der Waals surface area contributed by atoms with E-state index in [2.05, 4.69) is 20.8 Å². The number of anilines is 2. The lowest BCUT2D eigenvalue weighted by Crippen LogP contribution is -2.18. The Hall–Kier alpha value is -3.04. The number of thioether (sulfide) groups is 1. The zero-order valence-corrected chi connectivity index (χ0v) is 18.7. The van der Waals surface area contributed by atoms with E-state index in [1.165, 1.54) is 11.8 Å². The number of nitrogens with one attached hydrogen (secondary N) is 2. The van der Waals surface area contributed by atoms with Gasteiger partial charge in [0.1, 0.15) is 11.6 Å². The minimum absolute atomic E-state index is 0.0715. The van der Waals surface area contributed by atoms with E-state index in [1.807, 2.05) is 11.5 Å². The van der Waals surface area contributed by atoms with Gasteiger partial charge in [-0.2, -0.15) is 0 Å². The van der Waals surface area contributed by atoms with E-state index in [1.54, 1.807) is 55.6 Å². The highest BCUT2D eigenvalue weighted by Gasteiger charge is 2.16. The fraction of sp³-hybridized carbons (Fsp3) is 0.238. The number of benzene rings is 2. The van der Waals surface area contributed by atoms with E-state index in [9.17, 15) is 9.59 Å². The summed E-state index contributed by atoms with van der Waals surface area (Å²) in [5.41, 5.74) is 1.34. The largest absolute Gasteiger partial charge is 0.497 e. The number of aromatic nitrogens is 3. The van der Waals surface area contributed by atoms with Gasteiger partial charge < -0.3 is 19.9 Å². The summed E-state index contributed by atoms with van der Waals surface area (Å²) in [5.74, 6) is 1.05. The lowest BCUT2D eigenvalue weighted by Gasteiger charge is -2.09. The second-order valence-corrected chi connectivity index (χ2v) is 7.82. The number of hydrogen-bond donors (Lipinski definition) is 2. The second kappa shape index (κ2) is 10.8. The molecule has 0 radical (unpaired) electrons. The van der Waals surface area contributed by atoms with Gasteiger partial charge in [-0.1, -0.05) is 23.4 Å². The molecule has 0 aliphatic heterocycles. The molecular weight excluding hydrogens is 438 g/mol. The van der Waals surface area contributed by atoms with E-state index in [0.29, 0.717) is 33.9 Å². The van der Waals surface area contributed by atoms with Crippen LogP contribution < -0.4 is 15.4 Å². The standard InChI is InChI=1S/C21H22ClN5O3S/c1-3-27-18(12-19(28)23-15-6-4-14(22)5-7-15)25-26-21(27)31-13-20(29)24-16-8-10-17(30-2)11-9-16/h4-11H,3,12-13H2,1-2H3,(H,23,28)(H,24,29). The molecule has 0 fully saturated rings. The molecule has 3 aromatic rings. The van der Waals surface area contributed by atoms with Gasteiger partial charge in [-0.3, -0.25) is 9.59 Å². The van der Waals surface area contributed by atoms with Crippen LogP contribution in [0.25, 0.3) is 0 Å². The third-order valence-electron chi connectivity index (χ3n) is 4.26. The number of carbonyl (C=O) groups is 2. The normalized spacial score (nSPS) is 10.5. The highest BCUT2D eigenvalue weighted by Crippen LogP contribution is 2.20. The predicted molar refractivity (Wildman–Crippen MR) is 122 cm³/mol. The summed E-state index contributed by atoms with van der Waals surface area (Å²) in [5, 5.41) is 15.1. The highest BCUT2D eigenvalue weighted by atomic mass is 35.5. The third-order valence-corrected chi connectivity index (χ3v) is 5.48. The summed E-state index contributed by atoms with van der Waals surface area (Å²) in [4.78, 5) is 24.6. The molecule has 3 rings (SSSR count). The van der Waals surface area contributed by atoms with E-state index in [4.69, 9.17) is 16.3 Å². The molecule has 0 bridgehead atoms. The summed E-state index contributed by atoms with van der Waals surface area (Å²) in [7, 11) is 1.59. The number of amides is 2. The number of halogens is 1. The maximum absolute atomic E-state index is 12.4. The molecular formula is C21H22ClN5O3S. The Balaban J connectivity index is 1.55. The van der Waals surface area contributed by atoms with E-state index >= 15 is 0 Å². The summed E-state index contributed by atoms with van der Waals surface area (Å²) in [6.45, 7) is 2.52. The number of methoxy groups -OCH3 is 1. The number of rotatable bonds is 9. The molecule has 1 aromatic heterocycles. The fourth-order valence-electron chi connectivity index (χ4n) is 2.76. The smallest absolute Gasteiger partial charge is 0.234 e. The van der Waals surface area contributed by atoms with E-state index in [-0.39, 0.29) is 24.0 Å². The van der Waals surface area contributed by atoms with Crippen molar-refractivity contribution in [3.8, 4) is 5.75 Å². The van der Waals surface area contributed by atoms with Crippen LogP contribution in [-0.2, 0) is 22.6 Å². The third kappa shape index (κ3) is 6.47. The number of nitrogens with zero attached hydrogens (tertiary/aromatic N) is 3. The van der Waals surface area contributed by atoms with Crippen LogP contribution in [0, 0.1) is 0 Å². The SMILES string of the molecule is CCn1c(CC(=O)Nc2ccc(Cl)cc2)nnc1SCC(=O)Nc1ccc(OC)cc1. The van der Waals surface area contributed by atoms with Gasteiger partial charge in [0.15, 0.2) is 5.16 Å². The molecule has 0 atom stereocenters. The predicted octanol–water partition coefficient (Wildman–Crippen LogP) is 3.87. The first-order chi connectivity index (χ1) is 15.0. The molecule has 31 heavy (non-hydrogen) atoms. The van der Waals surface area contributed by atoms with Crippen LogP contribution >= 0.6 is 23.4 Å². The van der Waals surface area contributed by atoms with Crippen molar-refractivity contribution in [2.24, 2.45) is 0 Å². The molecule has 2 aromatic carbocycles. The van der Waals surface area contributed by atoms with Crippen molar-refractivity contribution in [3.63, 3.8) is 0 Å². The monoisotopic (exact) mass is 459 g/mol. The molecule has 1 heterocycles. The van der Waals surface area contributed by atoms with Crippen LogP contribution in [0.3, 0.4) is 0 Å². The van der Waals surface area contributed by atoms with Gasteiger partial charge in [0, 0.05) is 22.9 Å². The zero-order chi connectivity index (χ0) is 22.2. The fourth-order valence-corrected chi connectivity index (χ4v) is 3.70. The van der Waals surface area contributed by atoms with Gasteiger partial charge in [0.25, 0.3) is 0 Å². The molecule has 0 saturated heterocycles. The average Bonchev–Trinajstić information content (AvgIpc) is 3.15. The van der Waals surface area contributed by atoms with Gasteiger partial charge in [-0.15, -0.1) is 10.2 Å². The Morgan fingerprint density at radius 3 is 2.23 bits per heavy atom. The van der Waals surface area contributed by atoms with Crippen LogP contribution in [0.5, 0.6) is 5.75 Å². The van der Waals surface area contributed by atoms with E-state index < -0.39 is 0 Å². The second-order valence-electron chi connectivity index (χ2n) is 6.44. The van der Waals surface area contributed by atoms with Crippen molar-refractivity contribution in [1.29, 1.82) is 0 Å². The van der Waals surface area contributed by atoms with Crippen LogP contribution in [0.4, 0.5) is 11.4 Å². The summed E-state index contributed by atoms with van der Waals surface area (Å²) >= 11 is 7.13. The number of carbonyl (C=O) groups excluding carboxylic acids is 2. The minimum Gasteiger partial charge on any atom is -0.497 e. The molecule has 0 saturated carbocycles. The molecule has 162 valence electrons. The highest BCUT2D eigenvalue weighted by molar-refractivity contribution is 7.99. The first kappa shape index (κ1) is 22.6. The minimum atomic E-state index is -0.210. The Morgan fingerprint density at radius 1 is 1.00 bits per heavy atom. The van der Waals surface area contributed by atoms with Gasteiger partial charge in [0.2, 0.25) is 11.8 Å². The first-order valence-electron chi connectivity index (χ1n) is 9.52. The van der Waals surface area contributed by atoms with Crippen LogP contribution in [0.15, 0.2) is 53.7 Å². The molecule has 2 amide bonds. The number of hydrogen-bond acceptors (Lipinski definition) is 6. The Labute approximate surface area is 189 Å². The molecule has 10 heteroatoms. The van der Waals surface area contributed by atoms with Crippen molar-refractivity contribution >= 4 is 46.6 Å². The summed E-state index contributed by atoms with van der Waals surface area (Å²) in [6, 6.07) is 14.0. The quantitative estimate of drug-likeness (QED) is 0.471. The summed E-state index contributed by atoms with van der Waals surface area (Å²) in [6.07, 6.45) is 0.0715. The van der Waals surface area contributed by atoms with Gasteiger partial charge in [0.05, 0.1) is 19.3 Å². The molecule has 0 aliphatic carbocycles. The Bertz CT molecular complexity index is 1040. The Morgan fingerprint density at radius 2 is 1.61 bits per heavy atom. The summed E-state index contributed by atoms with van der Waals surface area (Å²) < 4.78 is 6.93. The Kier molecular flexibility index (Phi) is 7.91. The van der Waals surface area contributed by atoms with Crippen molar-refractivity contribution in [1.82, 2.24) is 14.8 Å². The topological polar surface area (TPSA) is 98.1 Å². The van der Waals surface area contributed by atoms with Gasteiger partial charge in [-0.05, 0) is 55.5 Å².